The lowest BCUT2D eigenvalue weighted by atomic mass is 10.1. The molecule has 1 amide bonds. The minimum Gasteiger partial charge on any atom is -0.393 e. The lowest BCUT2D eigenvalue weighted by Gasteiger charge is -2.07. The highest BCUT2D eigenvalue weighted by atomic mass is 19.1. The van der Waals surface area contributed by atoms with Gasteiger partial charge in [-0.2, -0.15) is 0 Å². The number of aliphatic hydroxyl groups is 1. The minimum atomic E-state index is -0.714. The Balaban J connectivity index is 2.35. The number of carbonyl (C=O) groups is 1. The average molecular weight is 257 g/mol. The number of amides is 1. The van der Waals surface area contributed by atoms with Crippen molar-refractivity contribution < 1.29 is 18.7 Å². The van der Waals surface area contributed by atoms with Gasteiger partial charge in [0.15, 0.2) is 0 Å². The molecule has 0 aliphatic heterocycles. The van der Waals surface area contributed by atoms with E-state index in [0.29, 0.717) is 19.4 Å². The molecular formula is C13H17F2NO2. The summed E-state index contributed by atoms with van der Waals surface area (Å²) in [7, 11) is 0. The Kier molecular flexibility index (Phi) is 5.71. The SMILES string of the molecule is CC(O)CCCNC(=O)Cc1ccc(F)cc1F. The van der Waals surface area contributed by atoms with Crippen molar-refractivity contribution in [2.75, 3.05) is 6.54 Å². The van der Waals surface area contributed by atoms with Crippen LogP contribution in [0.15, 0.2) is 18.2 Å². The van der Waals surface area contributed by atoms with Gasteiger partial charge in [-0.3, -0.25) is 4.79 Å². The van der Waals surface area contributed by atoms with Crippen LogP contribution in [-0.2, 0) is 11.2 Å². The van der Waals surface area contributed by atoms with Crippen LogP contribution < -0.4 is 5.32 Å². The summed E-state index contributed by atoms with van der Waals surface area (Å²) in [6, 6.07) is 3.15. The molecule has 1 rings (SSSR count). The van der Waals surface area contributed by atoms with E-state index < -0.39 is 17.7 Å². The fraction of sp³-hybridized carbons (Fsp3) is 0.462. The topological polar surface area (TPSA) is 49.3 Å². The first-order chi connectivity index (χ1) is 8.49. The minimum absolute atomic E-state index is 0.110. The van der Waals surface area contributed by atoms with E-state index in [1.807, 2.05) is 0 Å². The second-order valence-corrected chi connectivity index (χ2v) is 4.25. The number of benzene rings is 1. The summed E-state index contributed by atoms with van der Waals surface area (Å²) in [6.45, 7) is 2.11. The monoisotopic (exact) mass is 257 g/mol. The zero-order valence-corrected chi connectivity index (χ0v) is 10.2. The van der Waals surface area contributed by atoms with Gasteiger partial charge in [-0.25, -0.2) is 8.78 Å². The van der Waals surface area contributed by atoms with Gasteiger partial charge in [0.1, 0.15) is 11.6 Å². The van der Waals surface area contributed by atoms with Crippen molar-refractivity contribution in [1.82, 2.24) is 5.32 Å². The third kappa shape index (κ3) is 5.23. The second kappa shape index (κ2) is 7.06. The van der Waals surface area contributed by atoms with Gasteiger partial charge < -0.3 is 10.4 Å². The van der Waals surface area contributed by atoms with Gasteiger partial charge in [0.05, 0.1) is 12.5 Å². The molecule has 0 spiro atoms. The van der Waals surface area contributed by atoms with Crippen LogP contribution in [0.5, 0.6) is 0 Å². The van der Waals surface area contributed by atoms with E-state index in [9.17, 15) is 13.6 Å². The molecule has 0 fully saturated rings. The number of hydrogen-bond acceptors (Lipinski definition) is 2. The Labute approximate surface area is 105 Å². The first-order valence-electron chi connectivity index (χ1n) is 5.87. The number of nitrogens with one attached hydrogen (secondary N) is 1. The molecule has 0 bridgehead atoms. The molecule has 0 saturated carbocycles. The maximum Gasteiger partial charge on any atom is 0.224 e. The number of rotatable bonds is 6. The fourth-order valence-electron chi connectivity index (χ4n) is 1.53. The summed E-state index contributed by atoms with van der Waals surface area (Å²) in [5.41, 5.74) is 0.171. The third-order valence-corrected chi connectivity index (χ3v) is 2.49. The lowest BCUT2D eigenvalue weighted by Crippen LogP contribution is -2.27. The zero-order chi connectivity index (χ0) is 13.5. The van der Waals surface area contributed by atoms with Gasteiger partial charge in [-0.05, 0) is 31.4 Å². The predicted molar refractivity (Wildman–Crippen MR) is 64.0 cm³/mol. The molecule has 1 aromatic carbocycles. The Hall–Kier alpha value is -1.49. The van der Waals surface area contributed by atoms with Crippen LogP contribution in [0.25, 0.3) is 0 Å². The number of halogens is 2. The Morgan fingerprint density at radius 2 is 2.17 bits per heavy atom. The quantitative estimate of drug-likeness (QED) is 0.763. The summed E-state index contributed by atoms with van der Waals surface area (Å²) in [5.74, 6) is -1.69. The molecule has 0 aromatic heterocycles. The first kappa shape index (κ1) is 14.6. The van der Waals surface area contributed by atoms with E-state index in [2.05, 4.69) is 5.32 Å². The molecule has 5 heteroatoms. The number of carbonyl (C=O) groups excluding carboxylic acids is 1. The molecule has 2 N–H and O–H groups in total. The first-order valence-corrected chi connectivity index (χ1v) is 5.87. The Bertz CT molecular complexity index is 408. The van der Waals surface area contributed by atoms with Crippen LogP contribution >= 0.6 is 0 Å². The van der Waals surface area contributed by atoms with Crippen molar-refractivity contribution in [2.24, 2.45) is 0 Å². The highest BCUT2D eigenvalue weighted by Gasteiger charge is 2.08. The molecule has 18 heavy (non-hydrogen) atoms. The molecule has 0 radical (unpaired) electrons. The fourth-order valence-corrected chi connectivity index (χ4v) is 1.53. The van der Waals surface area contributed by atoms with Crippen molar-refractivity contribution in [1.29, 1.82) is 0 Å². The van der Waals surface area contributed by atoms with Crippen LogP contribution in [0.1, 0.15) is 25.3 Å². The van der Waals surface area contributed by atoms with E-state index in [-0.39, 0.29) is 17.9 Å². The normalized spacial score (nSPS) is 12.2. The molecule has 0 heterocycles. The molecular weight excluding hydrogens is 240 g/mol. The van der Waals surface area contributed by atoms with Crippen molar-refractivity contribution in [2.45, 2.75) is 32.3 Å². The van der Waals surface area contributed by atoms with E-state index in [0.717, 1.165) is 12.1 Å². The van der Waals surface area contributed by atoms with Crippen molar-refractivity contribution in [3.8, 4) is 0 Å². The van der Waals surface area contributed by atoms with Gasteiger partial charge in [-0.1, -0.05) is 6.07 Å². The molecule has 1 unspecified atom stereocenters. The number of hydrogen-bond donors (Lipinski definition) is 2. The smallest absolute Gasteiger partial charge is 0.224 e. The third-order valence-electron chi connectivity index (χ3n) is 2.49. The summed E-state index contributed by atoms with van der Waals surface area (Å²) >= 11 is 0. The van der Waals surface area contributed by atoms with E-state index in [1.165, 1.54) is 6.07 Å². The Morgan fingerprint density at radius 3 is 2.78 bits per heavy atom. The van der Waals surface area contributed by atoms with Gasteiger partial charge >= 0.3 is 0 Å². The summed E-state index contributed by atoms with van der Waals surface area (Å²) in [4.78, 5) is 11.5. The maximum absolute atomic E-state index is 13.3. The largest absolute Gasteiger partial charge is 0.393 e. The number of aliphatic hydroxyl groups excluding tert-OH is 1. The molecule has 0 aliphatic rings. The molecule has 0 saturated heterocycles. The van der Waals surface area contributed by atoms with Crippen molar-refractivity contribution in [3.63, 3.8) is 0 Å². The van der Waals surface area contributed by atoms with Gasteiger partial charge in [0.25, 0.3) is 0 Å². The highest BCUT2D eigenvalue weighted by Crippen LogP contribution is 2.10. The maximum atomic E-state index is 13.3. The van der Waals surface area contributed by atoms with Gasteiger partial charge in [0.2, 0.25) is 5.91 Å². The zero-order valence-electron chi connectivity index (χ0n) is 10.2. The molecule has 0 aliphatic carbocycles. The highest BCUT2D eigenvalue weighted by molar-refractivity contribution is 5.78. The second-order valence-electron chi connectivity index (χ2n) is 4.25. The average Bonchev–Trinajstić information content (AvgIpc) is 2.28. The summed E-state index contributed by atoms with van der Waals surface area (Å²) < 4.78 is 25.9. The predicted octanol–water partition coefficient (Wildman–Crippen LogP) is 1.78. The van der Waals surface area contributed by atoms with Crippen molar-refractivity contribution in [3.05, 3.63) is 35.4 Å². The van der Waals surface area contributed by atoms with Crippen LogP contribution in [0.3, 0.4) is 0 Å². The lowest BCUT2D eigenvalue weighted by molar-refractivity contribution is -0.120. The molecule has 3 nitrogen and oxygen atoms in total. The van der Waals surface area contributed by atoms with Gasteiger partial charge in [-0.15, -0.1) is 0 Å². The van der Waals surface area contributed by atoms with Gasteiger partial charge in [0, 0.05) is 12.6 Å². The molecule has 1 aromatic rings. The van der Waals surface area contributed by atoms with Crippen molar-refractivity contribution >= 4 is 5.91 Å². The van der Waals surface area contributed by atoms with Crippen LogP contribution in [0.2, 0.25) is 0 Å². The summed E-state index contributed by atoms with van der Waals surface area (Å²) in [5, 5.41) is 11.6. The van der Waals surface area contributed by atoms with E-state index in [4.69, 9.17) is 5.11 Å². The van der Waals surface area contributed by atoms with Crippen LogP contribution in [-0.4, -0.2) is 23.7 Å². The molecule has 1 atom stereocenters. The molecule has 100 valence electrons. The van der Waals surface area contributed by atoms with Crippen LogP contribution in [0, 0.1) is 11.6 Å². The standard InChI is InChI=1S/C13H17F2NO2/c1-9(17)3-2-6-16-13(18)7-10-4-5-11(14)8-12(10)15/h4-5,8-9,17H,2-3,6-7H2,1H3,(H,16,18). The van der Waals surface area contributed by atoms with E-state index in [1.54, 1.807) is 6.92 Å². The van der Waals surface area contributed by atoms with Crippen LogP contribution in [0.4, 0.5) is 8.78 Å². The van der Waals surface area contributed by atoms with E-state index >= 15 is 0 Å². The summed E-state index contributed by atoms with van der Waals surface area (Å²) in [6.07, 6.45) is 0.762. The Morgan fingerprint density at radius 1 is 1.44 bits per heavy atom.